The highest BCUT2D eigenvalue weighted by atomic mass is 19.4. The van der Waals surface area contributed by atoms with Crippen LogP contribution >= 0.6 is 0 Å². The van der Waals surface area contributed by atoms with Crippen molar-refractivity contribution in [2.45, 2.75) is 81.8 Å². The van der Waals surface area contributed by atoms with Crippen LogP contribution in [0.1, 0.15) is 96.4 Å². The van der Waals surface area contributed by atoms with E-state index in [0.29, 0.717) is 16.9 Å². The Kier molecular flexibility index (Phi) is 8.21. The summed E-state index contributed by atoms with van der Waals surface area (Å²) in [6.07, 6.45) is -2.54. The van der Waals surface area contributed by atoms with Gasteiger partial charge in [0, 0.05) is 25.7 Å². The first-order chi connectivity index (χ1) is 19.8. The smallest absolute Gasteiger partial charge is 0.365 e. The van der Waals surface area contributed by atoms with Gasteiger partial charge in [-0.05, 0) is 49.1 Å². The molecule has 2 amide bonds. The number of hydrogen-bond donors (Lipinski definition) is 2. The molecule has 9 nitrogen and oxygen atoms in total. The van der Waals surface area contributed by atoms with Crippen molar-refractivity contribution in [2.75, 3.05) is 6.67 Å². The average molecular weight is 601 g/mol. The third kappa shape index (κ3) is 6.70. The second-order valence-corrected chi connectivity index (χ2v) is 11.1. The molecule has 0 bridgehead atoms. The minimum atomic E-state index is -4.45. The molecule has 3 heterocycles. The Morgan fingerprint density at radius 2 is 1.88 bits per heavy atom. The number of amides is 2. The third-order valence-corrected chi connectivity index (χ3v) is 7.97. The van der Waals surface area contributed by atoms with Crippen LogP contribution in [-0.2, 0) is 11.2 Å². The zero-order chi connectivity index (χ0) is 30.2. The molecule has 2 fully saturated rings. The number of rotatable bonds is 11. The monoisotopic (exact) mass is 600 g/mol. The maximum absolute atomic E-state index is 14.0. The van der Waals surface area contributed by atoms with E-state index in [1.54, 1.807) is 12.3 Å². The van der Waals surface area contributed by atoms with Crippen LogP contribution in [0, 0.1) is 11.8 Å². The molecule has 0 aromatic carbocycles. The number of aromatic nitrogens is 4. The Morgan fingerprint density at radius 3 is 2.50 bits per heavy atom. The minimum absolute atomic E-state index is 0.0255. The Hall–Kier alpha value is -3.65. The van der Waals surface area contributed by atoms with Crippen LogP contribution in [0.5, 0.6) is 0 Å². The molecule has 5 rings (SSSR count). The molecule has 228 valence electrons. The molecule has 2 saturated carbocycles. The number of nitrogens with one attached hydrogen (secondary N) is 1. The first kappa shape index (κ1) is 29.8. The Bertz CT molecular complexity index is 1440. The number of hydrogen-bond acceptors (Lipinski definition) is 6. The summed E-state index contributed by atoms with van der Waals surface area (Å²) in [7, 11) is 0. The van der Waals surface area contributed by atoms with Gasteiger partial charge in [-0.2, -0.15) is 18.3 Å². The lowest BCUT2D eigenvalue weighted by molar-refractivity contribution is -0.144. The number of fused-ring (bicyclic) bond motifs is 1. The molecule has 0 saturated heterocycles. The van der Waals surface area contributed by atoms with Gasteiger partial charge in [0.05, 0.1) is 48.8 Å². The second kappa shape index (κ2) is 11.6. The van der Waals surface area contributed by atoms with Crippen LogP contribution in [0.4, 0.5) is 26.3 Å². The van der Waals surface area contributed by atoms with Gasteiger partial charge in [-0.1, -0.05) is 5.16 Å². The molecule has 2 aliphatic carbocycles. The van der Waals surface area contributed by atoms with Gasteiger partial charge in [0.25, 0.3) is 5.91 Å². The lowest BCUT2D eigenvalue weighted by Crippen LogP contribution is -2.30. The fourth-order valence-electron chi connectivity index (χ4n) is 5.69. The van der Waals surface area contributed by atoms with E-state index in [2.05, 4.69) is 20.6 Å². The number of alkyl halides is 6. The summed E-state index contributed by atoms with van der Waals surface area (Å²) in [5, 5.41) is 10.9. The quantitative estimate of drug-likeness (QED) is 0.292. The molecule has 2 aliphatic rings. The van der Waals surface area contributed by atoms with Crippen molar-refractivity contribution in [3.05, 3.63) is 46.7 Å². The SMILES string of the molecule is NC(=O)c1c(CCF)noc1[C@H](c1cn2ncc([C@H](NC(=O)CCC(F)(F)F)C3CC3)cc2n1)C1CCC(F)(F)CC1. The number of carbonyl (C=O) groups is 2. The highest BCUT2D eigenvalue weighted by Crippen LogP contribution is 2.46. The van der Waals surface area contributed by atoms with E-state index in [1.807, 2.05) is 0 Å². The molecular formula is C27H30F6N6O3. The van der Waals surface area contributed by atoms with E-state index in [0.717, 1.165) is 12.8 Å². The van der Waals surface area contributed by atoms with Crippen molar-refractivity contribution < 1.29 is 40.5 Å². The molecule has 0 radical (unpaired) electrons. The normalized spacial score (nSPS) is 19.1. The van der Waals surface area contributed by atoms with E-state index in [4.69, 9.17) is 10.3 Å². The largest absolute Gasteiger partial charge is 0.389 e. The van der Waals surface area contributed by atoms with E-state index in [9.17, 15) is 35.9 Å². The number of aryl methyl sites for hydroxylation is 1. The highest BCUT2D eigenvalue weighted by molar-refractivity contribution is 5.95. The summed E-state index contributed by atoms with van der Waals surface area (Å²) < 4.78 is 86.0. The number of imidazole rings is 1. The van der Waals surface area contributed by atoms with Gasteiger partial charge in [0.1, 0.15) is 5.56 Å². The molecule has 3 aromatic rings. The molecule has 2 atom stereocenters. The Morgan fingerprint density at radius 1 is 1.17 bits per heavy atom. The zero-order valence-electron chi connectivity index (χ0n) is 22.5. The summed E-state index contributed by atoms with van der Waals surface area (Å²) in [4.78, 5) is 29.4. The van der Waals surface area contributed by atoms with Crippen molar-refractivity contribution in [3.63, 3.8) is 0 Å². The van der Waals surface area contributed by atoms with E-state index >= 15 is 0 Å². The minimum Gasteiger partial charge on any atom is -0.365 e. The molecular weight excluding hydrogens is 570 g/mol. The molecule has 3 N–H and O–H groups in total. The fraction of sp³-hybridized carbons (Fsp3) is 0.593. The van der Waals surface area contributed by atoms with Crippen LogP contribution in [0.3, 0.4) is 0 Å². The highest BCUT2D eigenvalue weighted by Gasteiger charge is 2.42. The van der Waals surface area contributed by atoms with Gasteiger partial charge < -0.3 is 15.6 Å². The number of nitrogens with two attached hydrogens (primary N) is 1. The van der Waals surface area contributed by atoms with Crippen LogP contribution < -0.4 is 11.1 Å². The first-order valence-corrected chi connectivity index (χ1v) is 13.8. The predicted molar refractivity (Wildman–Crippen MR) is 135 cm³/mol. The molecule has 0 aliphatic heterocycles. The molecule has 0 unspecified atom stereocenters. The van der Waals surface area contributed by atoms with Crippen molar-refractivity contribution >= 4 is 17.5 Å². The predicted octanol–water partition coefficient (Wildman–Crippen LogP) is 5.20. The van der Waals surface area contributed by atoms with Crippen LogP contribution in [0.2, 0.25) is 0 Å². The standard InChI is InChI=1S/C27H30F6N6O3/c28-10-6-17-22(25(34)41)24(42-38-17)21(14-3-7-26(29,30)8-4-14)18-13-39-19(36-18)11-16(12-35-39)23(15-1-2-15)37-20(40)5-9-27(31,32)33/h11-15,21,23H,1-10H2,(H2,34,41)(H,37,40)/t21-,23+/m0/s1. The second-order valence-electron chi connectivity index (χ2n) is 11.1. The summed E-state index contributed by atoms with van der Waals surface area (Å²) in [5.74, 6) is -5.61. The Balaban J connectivity index is 1.48. The summed E-state index contributed by atoms with van der Waals surface area (Å²) in [5.41, 5.74) is 6.77. The third-order valence-electron chi connectivity index (χ3n) is 7.97. The summed E-state index contributed by atoms with van der Waals surface area (Å²) >= 11 is 0. The molecule has 3 aromatic heterocycles. The van der Waals surface area contributed by atoms with E-state index in [-0.39, 0.29) is 55.0 Å². The van der Waals surface area contributed by atoms with Gasteiger partial charge in [0.2, 0.25) is 11.8 Å². The van der Waals surface area contributed by atoms with Gasteiger partial charge in [0.15, 0.2) is 11.4 Å². The number of primary amides is 1. The van der Waals surface area contributed by atoms with Crippen molar-refractivity contribution in [2.24, 2.45) is 17.6 Å². The number of halogens is 6. The van der Waals surface area contributed by atoms with E-state index < -0.39 is 61.3 Å². The van der Waals surface area contributed by atoms with Gasteiger partial charge >= 0.3 is 6.18 Å². The molecule has 15 heteroatoms. The molecule has 42 heavy (non-hydrogen) atoms. The maximum atomic E-state index is 14.0. The van der Waals surface area contributed by atoms with Gasteiger partial charge in [-0.25, -0.2) is 18.3 Å². The maximum Gasteiger partial charge on any atom is 0.389 e. The van der Waals surface area contributed by atoms with Gasteiger partial charge in [-0.15, -0.1) is 0 Å². The first-order valence-electron chi connectivity index (χ1n) is 13.8. The van der Waals surface area contributed by atoms with Crippen LogP contribution in [0.15, 0.2) is 23.0 Å². The topological polar surface area (TPSA) is 128 Å². The summed E-state index contributed by atoms with van der Waals surface area (Å²) in [6, 6.07) is 1.10. The fourth-order valence-corrected chi connectivity index (χ4v) is 5.69. The lowest BCUT2D eigenvalue weighted by Gasteiger charge is -2.32. The van der Waals surface area contributed by atoms with Crippen LogP contribution in [-0.4, -0.2) is 50.3 Å². The Labute approximate surface area is 236 Å². The number of nitrogens with zero attached hydrogens (tertiary/aromatic N) is 4. The van der Waals surface area contributed by atoms with E-state index in [1.165, 1.54) is 10.7 Å². The van der Waals surface area contributed by atoms with Crippen molar-refractivity contribution in [3.8, 4) is 0 Å². The van der Waals surface area contributed by atoms with Crippen molar-refractivity contribution in [1.82, 2.24) is 25.1 Å². The van der Waals surface area contributed by atoms with Crippen LogP contribution in [0.25, 0.3) is 5.65 Å². The van der Waals surface area contributed by atoms with Crippen molar-refractivity contribution in [1.29, 1.82) is 0 Å². The average Bonchev–Trinajstić information content (AvgIpc) is 3.54. The lowest BCUT2D eigenvalue weighted by atomic mass is 9.75. The van der Waals surface area contributed by atoms with Gasteiger partial charge in [-0.3, -0.25) is 14.0 Å². The zero-order valence-corrected chi connectivity index (χ0v) is 22.5. The number of carbonyl (C=O) groups excluding carboxylic acids is 2. The summed E-state index contributed by atoms with van der Waals surface area (Å²) in [6.45, 7) is -0.817. The molecule has 0 spiro atoms.